The molecule has 2 heterocycles. The van der Waals surface area contributed by atoms with Gasteiger partial charge in [0.2, 0.25) is 23.2 Å². The summed E-state index contributed by atoms with van der Waals surface area (Å²) in [5, 5.41) is 69.6. The first kappa shape index (κ1) is 23.6. The van der Waals surface area contributed by atoms with Crippen molar-refractivity contribution in [2.75, 3.05) is 13.7 Å². The molecule has 0 bridgehead atoms. The molecule has 1 fully saturated rings. The molecule has 12 nitrogen and oxygen atoms in total. The Balaban J connectivity index is 1.82. The number of aliphatic hydroxyl groups excluding tert-OH is 4. The summed E-state index contributed by atoms with van der Waals surface area (Å²) < 4.78 is 21.5. The van der Waals surface area contributed by atoms with E-state index in [-0.39, 0.29) is 22.8 Å². The van der Waals surface area contributed by atoms with E-state index >= 15 is 0 Å². The maximum absolute atomic E-state index is 13.1. The van der Waals surface area contributed by atoms with Crippen LogP contribution >= 0.6 is 0 Å². The monoisotopic (exact) mass is 478 g/mol. The van der Waals surface area contributed by atoms with Gasteiger partial charge in [-0.15, -0.1) is 0 Å². The molecule has 0 amide bonds. The minimum absolute atomic E-state index is 0.0175. The molecule has 0 unspecified atom stereocenters. The van der Waals surface area contributed by atoms with Crippen molar-refractivity contribution in [2.24, 2.45) is 0 Å². The summed E-state index contributed by atoms with van der Waals surface area (Å²) in [5.41, 5.74) is -0.678. The number of phenols is 3. The fraction of sp³-hybridized carbons (Fsp3) is 0.318. The smallest absolute Gasteiger partial charge is 0.239 e. The maximum Gasteiger partial charge on any atom is 0.239 e. The van der Waals surface area contributed by atoms with E-state index in [9.17, 15) is 40.5 Å². The zero-order valence-corrected chi connectivity index (χ0v) is 17.7. The van der Waals surface area contributed by atoms with Crippen LogP contribution in [-0.4, -0.2) is 80.2 Å². The van der Waals surface area contributed by atoms with Crippen LogP contribution in [0.15, 0.2) is 39.5 Å². The Bertz CT molecular complexity index is 1250. The van der Waals surface area contributed by atoms with Gasteiger partial charge in [0, 0.05) is 11.6 Å². The second-order valence-electron chi connectivity index (χ2n) is 7.60. The topological polar surface area (TPSA) is 200 Å². The van der Waals surface area contributed by atoms with Gasteiger partial charge >= 0.3 is 0 Å². The van der Waals surface area contributed by atoms with Crippen LogP contribution < -0.4 is 14.9 Å². The van der Waals surface area contributed by atoms with Crippen molar-refractivity contribution >= 4 is 11.0 Å². The molecule has 1 aromatic heterocycles. The molecule has 12 heteroatoms. The molecule has 1 aliphatic heterocycles. The SMILES string of the molecule is COc1c(-c2ccc(O)cc2)oc2cc(O)c(O[C@@H]3O[C@H](CO)[C@@H](O)[C@H](O)[C@H]3O)c(O)c2c1=O. The van der Waals surface area contributed by atoms with Gasteiger partial charge in [0.05, 0.1) is 13.7 Å². The largest absolute Gasteiger partial charge is 0.508 e. The van der Waals surface area contributed by atoms with Gasteiger partial charge in [-0.2, -0.15) is 0 Å². The molecule has 1 saturated heterocycles. The third-order valence-corrected chi connectivity index (χ3v) is 5.47. The highest BCUT2D eigenvalue weighted by molar-refractivity contribution is 5.91. The van der Waals surface area contributed by atoms with E-state index in [1.165, 1.54) is 31.4 Å². The first-order valence-corrected chi connectivity index (χ1v) is 10.0. The number of methoxy groups -OCH3 is 1. The molecule has 0 saturated carbocycles. The van der Waals surface area contributed by atoms with Crippen LogP contribution in [-0.2, 0) is 4.74 Å². The van der Waals surface area contributed by atoms with Gasteiger partial charge in [0.1, 0.15) is 41.1 Å². The number of aliphatic hydroxyl groups is 4. The molecule has 0 spiro atoms. The number of hydrogen-bond donors (Lipinski definition) is 7. The van der Waals surface area contributed by atoms with E-state index in [0.29, 0.717) is 5.56 Å². The summed E-state index contributed by atoms with van der Waals surface area (Å²) in [5.74, 6) is -2.57. The number of fused-ring (bicyclic) bond motifs is 1. The van der Waals surface area contributed by atoms with Crippen LogP contribution in [0.25, 0.3) is 22.3 Å². The lowest BCUT2D eigenvalue weighted by Crippen LogP contribution is -2.60. The zero-order chi connectivity index (χ0) is 24.7. The van der Waals surface area contributed by atoms with Gasteiger partial charge in [-0.1, -0.05) is 0 Å². The van der Waals surface area contributed by atoms with E-state index in [2.05, 4.69) is 0 Å². The van der Waals surface area contributed by atoms with E-state index in [0.717, 1.165) is 6.07 Å². The molecule has 34 heavy (non-hydrogen) atoms. The highest BCUT2D eigenvalue weighted by atomic mass is 16.7. The minimum atomic E-state index is -1.82. The summed E-state index contributed by atoms with van der Waals surface area (Å²) in [6.07, 6.45) is -8.26. The van der Waals surface area contributed by atoms with Crippen LogP contribution in [0.4, 0.5) is 0 Å². The first-order valence-electron chi connectivity index (χ1n) is 10.0. The molecular formula is C22H22O12. The lowest BCUT2D eigenvalue weighted by Gasteiger charge is -2.39. The lowest BCUT2D eigenvalue weighted by molar-refractivity contribution is -0.277. The molecule has 0 radical (unpaired) electrons. The second-order valence-corrected chi connectivity index (χ2v) is 7.60. The predicted octanol–water partition coefficient (Wildman–Crippen LogP) is -0.236. The Kier molecular flexibility index (Phi) is 6.25. The highest BCUT2D eigenvalue weighted by Gasteiger charge is 2.45. The average Bonchev–Trinajstić information content (AvgIpc) is 2.81. The van der Waals surface area contributed by atoms with Gasteiger partial charge in [0.25, 0.3) is 0 Å². The van der Waals surface area contributed by atoms with Crippen molar-refractivity contribution in [2.45, 2.75) is 30.7 Å². The molecular weight excluding hydrogens is 456 g/mol. The Labute approximate surface area is 191 Å². The third-order valence-electron chi connectivity index (χ3n) is 5.47. The van der Waals surface area contributed by atoms with Crippen molar-refractivity contribution in [3.05, 3.63) is 40.6 Å². The van der Waals surface area contributed by atoms with Crippen LogP contribution in [0, 0.1) is 0 Å². The molecule has 182 valence electrons. The normalized spacial score (nSPS) is 24.8. The minimum Gasteiger partial charge on any atom is -0.508 e. The Morgan fingerprint density at radius 1 is 0.971 bits per heavy atom. The Hall–Kier alpha value is -3.55. The lowest BCUT2D eigenvalue weighted by atomic mass is 9.99. The second kappa shape index (κ2) is 9.00. The van der Waals surface area contributed by atoms with Crippen LogP contribution in [0.1, 0.15) is 0 Å². The number of benzene rings is 2. The van der Waals surface area contributed by atoms with Gasteiger partial charge < -0.3 is 54.4 Å². The van der Waals surface area contributed by atoms with Crippen LogP contribution in [0.3, 0.4) is 0 Å². The third kappa shape index (κ3) is 3.87. The molecule has 3 aromatic rings. The van der Waals surface area contributed by atoms with Crippen molar-refractivity contribution in [1.82, 2.24) is 0 Å². The number of hydrogen-bond acceptors (Lipinski definition) is 12. The first-order chi connectivity index (χ1) is 16.2. The van der Waals surface area contributed by atoms with Crippen molar-refractivity contribution in [3.8, 4) is 40.1 Å². The number of phenolic OH excluding ortho intramolecular Hbond substituents is 3. The summed E-state index contributed by atoms with van der Waals surface area (Å²) in [6, 6.07) is 6.66. The van der Waals surface area contributed by atoms with Gasteiger partial charge in [0.15, 0.2) is 17.3 Å². The number of rotatable bonds is 5. The van der Waals surface area contributed by atoms with Gasteiger partial charge in [-0.25, -0.2) is 0 Å². The fourth-order valence-electron chi connectivity index (χ4n) is 3.67. The zero-order valence-electron chi connectivity index (χ0n) is 17.7. The predicted molar refractivity (Wildman–Crippen MR) is 114 cm³/mol. The summed E-state index contributed by atoms with van der Waals surface area (Å²) in [7, 11) is 1.21. The molecule has 2 aromatic carbocycles. The van der Waals surface area contributed by atoms with E-state index < -0.39 is 65.4 Å². The number of aromatic hydroxyl groups is 3. The molecule has 5 atom stereocenters. The van der Waals surface area contributed by atoms with Gasteiger partial charge in [-0.05, 0) is 24.3 Å². The van der Waals surface area contributed by atoms with Crippen molar-refractivity contribution in [1.29, 1.82) is 0 Å². The Morgan fingerprint density at radius 2 is 1.65 bits per heavy atom. The molecule has 1 aliphatic rings. The van der Waals surface area contributed by atoms with Crippen LogP contribution in [0.5, 0.6) is 28.7 Å². The van der Waals surface area contributed by atoms with Crippen LogP contribution in [0.2, 0.25) is 0 Å². The standard InChI is InChI=1S/C22H22O12/c1-31-21-16(28)13-11(32-19(21)8-2-4-9(24)5-3-8)6-10(25)20(15(13)27)34-22-18(30)17(29)14(26)12(7-23)33-22/h2-6,12,14,17-18,22-27,29-30H,7H2,1H3/t12-,14-,17+,18-,22+/m1/s1. The van der Waals surface area contributed by atoms with Crippen molar-refractivity contribution < 1.29 is 54.4 Å². The number of ether oxygens (including phenoxy) is 3. The average molecular weight is 478 g/mol. The molecule has 0 aliphatic carbocycles. The quantitative estimate of drug-likeness (QED) is 0.254. The highest BCUT2D eigenvalue weighted by Crippen LogP contribution is 2.44. The van der Waals surface area contributed by atoms with E-state index in [1.807, 2.05) is 0 Å². The van der Waals surface area contributed by atoms with Gasteiger partial charge in [-0.3, -0.25) is 4.79 Å². The summed E-state index contributed by atoms with van der Waals surface area (Å²) in [6.45, 7) is -0.721. The van der Waals surface area contributed by atoms with Crippen molar-refractivity contribution in [3.63, 3.8) is 0 Å². The summed E-state index contributed by atoms with van der Waals surface area (Å²) in [4.78, 5) is 13.1. The fourth-order valence-corrected chi connectivity index (χ4v) is 3.67. The maximum atomic E-state index is 13.1. The van der Waals surface area contributed by atoms with E-state index in [4.69, 9.17) is 18.6 Å². The van der Waals surface area contributed by atoms with E-state index in [1.54, 1.807) is 0 Å². The molecule has 4 rings (SSSR count). The Morgan fingerprint density at radius 3 is 2.26 bits per heavy atom. The molecule has 7 N–H and O–H groups in total. The summed E-state index contributed by atoms with van der Waals surface area (Å²) >= 11 is 0.